The Kier molecular flexibility index (Phi) is 4.81. The maximum atomic E-state index is 12.2. The van der Waals surface area contributed by atoms with Crippen molar-refractivity contribution in [2.24, 2.45) is 0 Å². The lowest BCUT2D eigenvalue weighted by molar-refractivity contribution is -0.136. The van der Waals surface area contributed by atoms with Crippen LogP contribution in [-0.4, -0.2) is 25.5 Å². The number of hydrogen-bond donors (Lipinski definition) is 1. The van der Waals surface area contributed by atoms with E-state index < -0.39 is 22.0 Å². The highest BCUT2D eigenvalue weighted by atomic mass is 32.2. The number of carboxylic acid groups (broad SMARTS) is 1. The maximum Gasteiger partial charge on any atom is 0.319 e. The van der Waals surface area contributed by atoms with E-state index in [0.29, 0.717) is 0 Å². The van der Waals surface area contributed by atoms with Gasteiger partial charge in [-0.1, -0.05) is 30.3 Å². The molecule has 1 aromatic carbocycles. The highest BCUT2D eigenvalue weighted by Gasteiger charge is 2.25. The summed E-state index contributed by atoms with van der Waals surface area (Å²) in [5, 5.41) is 8.34. The molecule has 0 spiro atoms. The van der Waals surface area contributed by atoms with Crippen molar-refractivity contribution in [1.82, 2.24) is 4.98 Å². The molecule has 0 bridgehead atoms. The van der Waals surface area contributed by atoms with Crippen molar-refractivity contribution in [2.75, 3.05) is 0 Å². The summed E-state index contributed by atoms with van der Waals surface area (Å²) < 4.78 is 12.2. The quantitative estimate of drug-likeness (QED) is 0.886. The van der Waals surface area contributed by atoms with Crippen molar-refractivity contribution in [3.05, 3.63) is 52.5 Å². The van der Waals surface area contributed by atoms with Crippen LogP contribution in [0.3, 0.4) is 0 Å². The van der Waals surface area contributed by atoms with E-state index in [-0.39, 0.29) is 12.2 Å². The van der Waals surface area contributed by atoms with Crippen molar-refractivity contribution in [3.8, 4) is 0 Å². The molecule has 4 nitrogen and oxygen atoms in total. The lowest BCUT2D eigenvalue weighted by Crippen LogP contribution is -2.28. The topological polar surface area (TPSA) is 67.3 Å². The van der Waals surface area contributed by atoms with E-state index in [4.69, 9.17) is 0 Å². The van der Waals surface area contributed by atoms with Gasteiger partial charge in [0.05, 0.1) is 11.3 Å². The molecule has 1 heterocycles. The van der Waals surface area contributed by atoms with Crippen LogP contribution in [0.1, 0.15) is 10.4 Å². The summed E-state index contributed by atoms with van der Waals surface area (Å²) >= 11 is 1.39. The number of carboxylic acids is 1. The highest BCUT2D eigenvalue weighted by molar-refractivity contribution is 7.85. The van der Waals surface area contributed by atoms with E-state index in [1.165, 1.54) is 11.3 Å². The minimum Gasteiger partial charge on any atom is -0.480 e. The SMILES string of the molecule is O=C(O)C(Cc1ccccc1)S(=O)Cc1cncs1. The zero-order valence-electron chi connectivity index (χ0n) is 10.1. The largest absolute Gasteiger partial charge is 0.480 e. The third-order valence-corrected chi connectivity index (χ3v) is 5.19. The van der Waals surface area contributed by atoms with E-state index in [1.54, 1.807) is 11.7 Å². The number of benzene rings is 1. The Morgan fingerprint density at radius 2 is 2.11 bits per heavy atom. The fraction of sp³-hybridized carbons (Fsp3) is 0.231. The Balaban J connectivity index is 2.07. The van der Waals surface area contributed by atoms with E-state index in [0.717, 1.165) is 10.4 Å². The Bertz CT molecular complexity index is 555. The Morgan fingerprint density at radius 1 is 1.37 bits per heavy atom. The van der Waals surface area contributed by atoms with Crippen molar-refractivity contribution >= 4 is 28.1 Å². The molecule has 100 valence electrons. The van der Waals surface area contributed by atoms with Gasteiger partial charge < -0.3 is 5.11 Å². The van der Waals surface area contributed by atoms with Crippen LogP contribution in [-0.2, 0) is 27.8 Å². The average Bonchev–Trinajstić information content (AvgIpc) is 2.89. The average molecular weight is 295 g/mol. The third kappa shape index (κ3) is 3.97. The molecule has 19 heavy (non-hydrogen) atoms. The van der Waals surface area contributed by atoms with E-state index in [1.807, 2.05) is 30.3 Å². The van der Waals surface area contributed by atoms with Crippen LogP contribution in [0.15, 0.2) is 42.0 Å². The van der Waals surface area contributed by atoms with E-state index >= 15 is 0 Å². The number of aliphatic carboxylic acids is 1. The minimum absolute atomic E-state index is 0.245. The summed E-state index contributed by atoms with van der Waals surface area (Å²) in [5.74, 6) is -0.777. The summed E-state index contributed by atoms with van der Waals surface area (Å²) in [6.45, 7) is 0. The molecule has 0 aliphatic rings. The number of hydrogen-bond acceptors (Lipinski definition) is 4. The molecule has 0 aliphatic heterocycles. The standard InChI is InChI=1S/C13H13NO3S2/c15-13(16)12(6-10-4-2-1-3-5-10)19(17)8-11-7-14-9-18-11/h1-5,7,9,12H,6,8H2,(H,15,16). The van der Waals surface area contributed by atoms with Crippen LogP contribution in [0.2, 0.25) is 0 Å². The van der Waals surface area contributed by atoms with Gasteiger partial charge in [0, 0.05) is 21.9 Å². The second kappa shape index (κ2) is 6.58. The molecule has 0 amide bonds. The Labute approximate surface area is 117 Å². The highest BCUT2D eigenvalue weighted by Crippen LogP contribution is 2.15. The summed E-state index contributed by atoms with van der Waals surface area (Å²) in [6, 6.07) is 9.26. The number of thiazole rings is 1. The summed E-state index contributed by atoms with van der Waals surface area (Å²) in [6.07, 6.45) is 1.91. The first kappa shape index (κ1) is 13.9. The van der Waals surface area contributed by atoms with Crippen molar-refractivity contribution in [3.63, 3.8) is 0 Å². The van der Waals surface area contributed by atoms with Crippen LogP contribution >= 0.6 is 11.3 Å². The smallest absolute Gasteiger partial charge is 0.319 e. The molecule has 2 atom stereocenters. The van der Waals surface area contributed by atoms with Crippen LogP contribution in [0, 0.1) is 0 Å². The van der Waals surface area contributed by atoms with Crippen LogP contribution in [0.25, 0.3) is 0 Å². The number of carbonyl (C=O) groups is 1. The summed E-state index contributed by atoms with van der Waals surface area (Å²) in [7, 11) is -1.45. The predicted octanol–water partition coefficient (Wildman–Crippen LogP) is 2.09. The molecule has 2 rings (SSSR count). The lowest BCUT2D eigenvalue weighted by atomic mass is 10.1. The van der Waals surface area contributed by atoms with Gasteiger partial charge in [-0.2, -0.15) is 0 Å². The van der Waals surface area contributed by atoms with Crippen molar-refractivity contribution in [2.45, 2.75) is 17.4 Å². The zero-order valence-corrected chi connectivity index (χ0v) is 11.7. The van der Waals surface area contributed by atoms with Gasteiger partial charge in [-0.25, -0.2) is 0 Å². The second-order valence-corrected chi connectivity index (χ2v) is 6.60. The number of nitrogens with zero attached hydrogens (tertiary/aromatic N) is 1. The van der Waals surface area contributed by atoms with Gasteiger partial charge in [0.2, 0.25) is 0 Å². The lowest BCUT2D eigenvalue weighted by Gasteiger charge is -2.11. The van der Waals surface area contributed by atoms with E-state index in [2.05, 4.69) is 4.98 Å². The molecule has 0 fully saturated rings. The molecule has 0 aliphatic carbocycles. The molecular weight excluding hydrogens is 282 g/mol. The van der Waals surface area contributed by atoms with Crippen molar-refractivity contribution in [1.29, 1.82) is 0 Å². The van der Waals surface area contributed by atoms with Gasteiger partial charge in [-0.15, -0.1) is 11.3 Å². The molecule has 2 unspecified atom stereocenters. The molecule has 1 aromatic heterocycles. The van der Waals surface area contributed by atoms with Gasteiger partial charge in [0.1, 0.15) is 5.25 Å². The van der Waals surface area contributed by atoms with Crippen molar-refractivity contribution < 1.29 is 14.1 Å². The number of aromatic nitrogens is 1. The van der Waals surface area contributed by atoms with Gasteiger partial charge in [0.15, 0.2) is 0 Å². The fourth-order valence-corrected chi connectivity index (χ4v) is 3.83. The predicted molar refractivity (Wildman–Crippen MR) is 75.5 cm³/mol. The second-order valence-electron chi connectivity index (χ2n) is 4.01. The van der Waals surface area contributed by atoms with Gasteiger partial charge in [-0.05, 0) is 12.0 Å². The van der Waals surface area contributed by atoms with Gasteiger partial charge >= 0.3 is 5.97 Å². The Hall–Kier alpha value is -1.53. The molecule has 0 radical (unpaired) electrons. The maximum absolute atomic E-state index is 12.2. The van der Waals surface area contributed by atoms with E-state index in [9.17, 15) is 14.1 Å². The van der Waals surface area contributed by atoms with Gasteiger partial charge in [-0.3, -0.25) is 14.0 Å². The molecule has 0 saturated heterocycles. The fourth-order valence-electron chi connectivity index (χ4n) is 1.68. The van der Waals surface area contributed by atoms with Gasteiger partial charge in [0.25, 0.3) is 0 Å². The number of rotatable bonds is 6. The molecule has 6 heteroatoms. The van der Waals surface area contributed by atoms with Crippen LogP contribution in [0.5, 0.6) is 0 Å². The van der Waals surface area contributed by atoms with Crippen LogP contribution in [0.4, 0.5) is 0 Å². The molecule has 2 aromatic rings. The van der Waals surface area contributed by atoms with Crippen LogP contribution < -0.4 is 0 Å². The molecule has 1 N–H and O–H groups in total. The first-order valence-corrected chi connectivity index (χ1v) is 7.94. The minimum atomic E-state index is -1.45. The zero-order chi connectivity index (χ0) is 13.7. The summed E-state index contributed by atoms with van der Waals surface area (Å²) in [4.78, 5) is 16.0. The first-order valence-electron chi connectivity index (χ1n) is 5.68. The third-order valence-electron chi connectivity index (χ3n) is 2.62. The first-order chi connectivity index (χ1) is 9.16. The Morgan fingerprint density at radius 3 is 2.68 bits per heavy atom. The monoisotopic (exact) mass is 295 g/mol. The normalized spacial score (nSPS) is 13.9. The molecular formula is C13H13NO3S2. The summed E-state index contributed by atoms with van der Waals surface area (Å²) in [5.41, 5.74) is 2.53. The molecule has 0 saturated carbocycles.